The van der Waals surface area contributed by atoms with E-state index in [1.54, 1.807) is 0 Å². The number of hydrogen-bond donors (Lipinski definition) is 1. The molecule has 0 radical (unpaired) electrons. The van der Waals surface area contributed by atoms with E-state index < -0.39 is 11.3 Å². The van der Waals surface area contributed by atoms with E-state index >= 15 is 0 Å². The van der Waals surface area contributed by atoms with Crippen LogP contribution in [0, 0.1) is 5.41 Å². The van der Waals surface area contributed by atoms with Crippen molar-refractivity contribution < 1.29 is 14.4 Å². The second-order valence-electron chi connectivity index (χ2n) is 2.48. The maximum absolute atomic E-state index is 10.8. The Hall–Kier alpha value is -1.71. The number of hydrogen-bond acceptors (Lipinski definition) is 3. The van der Waals surface area contributed by atoms with Crippen molar-refractivity contribution in [1.29, 1.82) is 0 Å². The molecule has 0 fully saturated rings. The van der Waals surface area contributed by atoms with Gasteiger partial charge in [-0.25, -0.2) is 0 Å². The Kier molecular flexibility index (Phi) is 1.91. The predicted molar refractivity (Wildman–Crippen MR) is 41.0 cm³/mol. The van der Waals surface area contributed by atoms with Crippen LogP contribution in [0.25, 0.3) is 0 Å². The fourth-order valence-corrected chi connectivity index (χ4v) is 0.852. The molecule has 0 spiro atoms. The molecule has 0 saturated carbocycles. The second-order valence-corrected chi connectivity index (χ2v) is 2.48. The summed E-state index contributed by atoms with van der Waals surface area (Å²) in [6, 6.07) is 0. The van der Waals surface area contributed by atoms with Gasteiger partial charge in [-0.1, -0.05) is 12.2 Å². The van der Waals surface area contributed by atoms with Crippen LogP contribution in [0.15, 0.2) is 24.3 Å². The van der Waals surface area contributed by atoms with Crippen LogP contribution < -0.4 is 5.73 Å². The third kappa shape index (κ3) is 1.18. The molecule has 0 aliphatic heterocycles. The van der Waals surface area contributed by atoms with E-state index in [1.165, 1.54) is 12.2 Å². The molecule has 4 heteroatoms. The number of amides is 1. The number of carbonyl (C=O) groups is 3. The first kappa shape index (κ1) is 8.39. The average Bonchev–Trinajstić information content (AvgIpc) is 2.06. The molecule has 12 heavy (non-hydrogen) atoms. The summed E-state index contributed by atoms with van der Waals surface area (Å²) in [5.41, 5.74) is 3.55. The first-order valence-corrected chi connectivity index (χ1v) is 3.29. The van der Waals surface area contributed by atoms with Crippen LogP contribution in [0.3, 0.4) is 0 Å². The highest BCUT2D eigenvalue weighted by Gasteiger charge is 2.32. The first-order chi connectivity index (χ1) is 5.60. The zero-order valence-electron chi connectivity index (χ0n) is 6.19. The van der Waals surface area contributed by atoms with Gasteiger partial charge in [0, 0.05) is 0 Å². The van der Waals surface area contributed by atoms with Gasteiger partial charge in [0.05, 0.1) is 0 Å². The number of allylic oxidation sites excluding steroid dienone is 2. The third-order valence-electron chi connectivity index (χ3n) is 1.67. The summed E-state index contributed by atoms with van der Waals surface area (Å²) in [7, 11) is 0. The minimum atomic E-state index is -1.42. The second kappa shape index (κ2) is 2.73. The van der Waals surface area contributed by atoms with Gasteiger partial charge in [-0.3, -0.25) is 9.59 Å². The Morgan fingerprint density at radius 3 is 2.25 bits per heavy atom. The Morgan fingerprint density at radius 1 is 1.42 bits per heavy atom. The molecule has 0 unspecified atom stereocenters. The van der Waals surface area contributed by atoms with Crippen molar-refractivity contribution in [3.8, 4) is 0 Å². The fraction of sp³-hybridized carbons (Fsp3) is 0.125. The molecule has 1 amide bonds. The quantitative estimate of drug-likeness (QED) is 0.436. The third-order valence-corrected chi connectivity index (χ3v) is 1.67. The van der Waals surface area contributed by atoms with Gasteiger partial charge in [-0.15, -0.1) is 0 Å². The molecule has 0 aromatic heterocycles. The average molecular weight is 165 g/mol. The molecule has 4 nitrogen and oxygen atoms in total. The lowest BCUT2D eigenvalue weighted by atomic mass is 9.85. The molecule has 62 valence electrons. The number of nitrogens with two attached hydrogens (primary N) is 1. The normalized spacial score (nSPS) is 19.2. The largest absolute Gasteiger partial charge is 0.368 e. The molecular formula is C8H7NO3. The van der Waals surface area contributed by atoms with Crippen molar-refractivity contribution in [2.75, 3.05) is 0 Å². The zero-order chi connectivity index (χ0) is 9.19. The summed E-state index contributed by atoms with van der Waals surface area (Å²) < 4.78 is 0. The van der Waals surface area contributed by atoms with Gasteiger partial charge in [0.15, 0.2) is 5.78 Å². The number of carbonyl (C=O) groups excluding carboxylic acids is 3. The van der Waals surface area contributed by atoms with Gasteiger partial charge in [-0.2, -0.15) is 0 Å². The highest BCUT2D eigenvalue weighted by Crippen LogP contribution is 2.20. The van der Waals surface area contributed by atoms with Crippen molar-refractivity contribution in [1.82, 2.24) is 0 Å². The summed E-state index contributed by atoms with van der Waals surface area (Å²) in [6.07, 6.45) is 5.11. The van der Waals surface area contributed by atoms with E-state index in [4.69, 9.17) is 5.73 Å². The number of rotatable bonds is 2. The molecule has 0 heterocycles. The van der Waals surface area contributed by atoms with Crippen molar-refractivity contribution in [2.24, 2.45) is 11.1 Å². The molecule has 0 saturated heterocycles. The summed E-state index contributed by atoms with van der Waals surface area (Å²) in [5, 5.41) is 0. The van der Waals surface area contributed by atoms with Crippen molar-refractivity contribution in [3.63, 3.8) is 0 Å². The lowest BCUT2D eigenvalue weighted by Gasteiger charge is -2.16. The van der Waals surface area contributed by atoms with Crippen LogP contribution >= 0.6 is 0 Å². The minimum absolute atomic E-state index is 0.256. The fourth-order valence-electron chi connectivity index (χ4n) is 0.852. The topological polar surface area (TPSA) is 77.2 Å². The molecule has 1 rings (SSSR count). The molecule has 0 aromatic carbocycles. The van der Waals surface area contributed by atoms with Gasteiger partial charge in [-0.05, 0) is 12.2 Å². The molecular weight excluding hydrogens is 158 g/mol. The smallest absolute Gasteiger partial charge is 0.238 e. The Morgan fingerprint density at radius 2 is 1.92 bits per heavy atom. The zero-order valence-corrected chi connectivity index (χ0v) is 6.19. The highest BCUT2D eigenvalue weighted by atomic mass is 16.2. The summed E-state index contributed by atoms with van der Waals surface area (Å²) in [4.78, 5) is 32.0. The highest BCUT2D eigenvalue weighted by molar-refractivity contribution is 6.08. The monoisotopic (exact) mass is 165 g/mol. The van der Waals surface area contributed by atoms with Crippen LogP contribution in [0.1, 0.15) is 0 Å². The van der Waals surface area contributed by atoms with Crippen LogP contribution in [0.2, 0.25) is 0 Å². The van der Waals surface area contributed by atoms with Gasteiger partial charge in [0.2, 0.25) is 5.91 Å². The van der Waals surface area contributed by atoms with Crippen LogP contribution in [-0.4, -0.2) is 18.0 Å². The SMILES string of the molecule is NC(=O)C1(C=O)C=CC(=O)C=C1. The van der Waals surface area contributed by atoms with Crippen LogP contribution in [-0.2, 0) is 14.4 Å². The maximum Gasteiger partial charge on any atom is 0.238 e. The van der Waals surface area contributed by atoms with E-state index in [9.17, 15) is 14.4 Å². The first-order valence-electron chi connectivity index (χ1n) is 3.29. The maximum atomic E-state index is 10.8. The molecule has 0 bridgehead atoms. The van der Waals surface area contributed by atoms with Gasteiger partial charge >= 0.3 is 0 Å². The molecule has 1 aliphatic rings. The van der Waals surface area contributed by atoms with Gasteiger partial charge < -0.3 is 10.5 Å². The van der Waals surface area contributed by atoms with E-state index in [1.807, 2.05) is 0 Å². The Labute approximate surface area is 68.7 Å². The summed E-state index contributed by atoms with van der Waals surface area (Å²) in [6.45, 7) is 0. The van der Waals surface area contributed by atoms with Crippen molar-refractivity contribution in [2.45, 2.75) is 0 Å². The van der Waals surface area contributed by atoms with Gasteiger partial charge in [0.1, 0.15) is 11.7 Å². The van der Waals surface area contributed by atoms with Gasteiger partial charge in [0.25, 0.3) is 0 Å². The van der Waals surface area contributed by atoms with Crippen molar-refractivity contribution in [3.05, 3.63) is 24.3 Å². The Bertz CT molecular complexity index is 285. The van der Waals surface area contributed by atoms with E-state index in [2.05, 4.69) is 0 Å². The molecule has 0 aromatic rings. The number of aldehydes is 1. The lowest BCUT2D eigenvalue weighted by molar-refractivity contribution is -0.128. The Balaban J connectivity index is 3.07. The number of ketones is 1. The van der Waals surface area contributed by atoms with Crippen molar-refractivity contribution >= 4 is 18.0 Å². The summed E-state index contributed by atoms with van der Waals surface area (Å²) in [5.74, 6) is -1.04. The minimum Gasteiger partial charge on any atom is -0.368 e. The molecule has 0 atom stereocenters. The van der Waals surface area contributed by atoms with E-state index in [0.29, 0.717) is 6.29 Å². The van der Waals surface area contributed by atoms with Crippen LogP contribution in [0.4, 0.5) is 0 Å². The predicted octanol–water partition coefficient (Wildman–Crippen LogP) is -0.648. The number of primary amides is 1. The standard InChI is InChI=1S/C8H7NO3/c9-7(12)8(5-10)3-1-6(11)2-4-8/h1-5H,(H2,9,12). The van der Waals surface area contributed by atoms with E-state index in [0.717, 1.165) is 12.2 Å². The van der Waals surface area contributed by atoms with Crippen LogP contribution in [0.5, 0.6) is 0 Å². The molecule has 2 N–H and O–H groups in total. The van der Waals surface area contributed by atoms with E-state index in [-0.39, 0.29) is 5.78 Å². The lowest BCUT2D eigenvalue weighted by Crippen LogP contribution is -2.36. The summed E-state index contributed by atoms with van der Waals surface area (Å²) >= 11 is 0. The molecule has 1 aliphatic carbocycles.